The largest absolute Gasteiger partial charge is 0.494 e. The summed E-state index contributed by atoms with van der Waals surface area (Å²) >= 11 is 0. The number of carbonyl (C=O) groups is 2. The molecule has 2 aromatic heterocycles. The molecule has 0 bridgehead atoms. The first-order chi connectivity index (χ1) is 13.1. The molecule has 2 N–H and O–H groups in total. The zero-order valence-corrected chi connectivity index (χ0v) is 14.5. The molecular formula is C18H17N5O4. The topological polar surface area (TPSA) is 113 Å². The summed E-state index contributed by atoms with van der Waals surface area (Å²) < 4.78 is 6.91. The van der Waals surface area contributed by atoms with Crippen LogP contribution in [-0.4, -0.2) is 55.5 Å². The van der Waals surface area contributed by atoms with E-state index in [2.05, 4.69) is 15.3 Å². The van der Waals surface area contributed by atoms with Crippen LogP contribution in [0.5, 0.6) is 5.75 Å². The van der Waals surface area contributed by atoms with E-state index >= 15 is 0 Å². The van der Waals surface area contributed by atoms with Gasteiger partial charge in [0.1, 0.15) is 11.4 Å². The molecule has 0 unspecified atom stereocenters. The molecule has 1 aliphatic heterocycles. The van der Waals surface area contributed by atoms with Crippen LogP contribution >= 0.6 is 0 Å². The van der Waals surface area contributed by atoms with Gasteiger partial charge >= 0.3 is 5.97 Å². The second kappa shape index (κ2) is 6.60. The van der Waals surface area contributed by atoms with Gasteiger partial charge in [0.25, 0.3) is 5.91 Å². The summed E-state index contributed by atoms with van der Waals surface area (Å²) in [7, 11) is 1.57. The van der Waals surface area contributed by atoms with Crippen molar-refractivity contribution in [1.82, 2.24) is 24.9 Å². The van der Waals surface area contributed by atoms with Crippen molar-refractivity contribution >= 4 is 11.9 Å². The van der Waals surface area contributed by atoms with Gasteiger partial charge in [0.05, 0.1) is 25.4 Å². The van der Waals surface area contributed by atoms with E-state index in [0.717, 1.165) is 11.4 Å². The highest BCUT2D eigenvalue weighted by Crippen LogP contribution is 2.24. The van der Waals surface area contributed by atoms with E-state index in [1.165, 1.54) is 6.20 Å². The number of amides is 1. The second-order valence-electron chi connectivity index (χ2n) is 6.16. The van der Waals surface area contributed by atoms with E-state index < -0.39 is 5.97 Å². The molecule has 4 rings (SSSR count). The van der Waals surface area contributed by atoms with Crippen molar-refractivity contribution < 1.29 is 19.4 Å². The number of aromatic nitrogens is 4. The summed E-state index contributed by atoms with van der Waals surface area (Å²) in [4.78, 5) is 25.8. The summed E-state index contributed by atoms with van der Waals surface area (Å²) in [5, 5.41) is 20.1. The molecule has 0 fully saturated rings. The average Bonchev–Trinajstić information content (AvgIpc) is 3.34. The van der Waals surface area contributed by atoms with Crippen molar-refractivity contribution in [3.05, 3.63) is 59.2 Å². The number of H-pyrrole nitrogens is 1. The number of nitrogens with one attached hydrogen (secondary N) is 1. The molecule has 1 amide bonds. The maximum absolute atomic E-state index is 12.9. The summed E-state index contributed by atoms with van der Waals surface area (Å²) in [6, 6.07) is 7.38. The third-order valence-corrected chi connectivity index (χ3v) is 4.58. The van der Waals surface area contributed by atoms with E-state index in [1.807, 2.05) is 24.3 Å². The zero-order valence-electron chi connectivity index (χ0n) is 14.5. The Labute approximate surface area is 154 Å². The zero-order chi connectivity index (χ0) is 19.0. The molecule has 0 saturated carbocycles. The molecule has 9 heteroatoms. The first-order valence-corrected chi connectivity index (χ1v) is 8.35. The lowest BCUT2D eigenvalue weighted by Gasteiger charge is -2.26. The minimum atomic E-state index is -1.11. The number of ether oxygens (including phenoxy) is 1. The molecule has 138 valence electrons. The third kappa shape index (κ3) is 2.92. The van der Waals surface area contributed by atoms with Crippen molar-refractivity contribution in [2.75, 3.05) is 13.7 Å². The number of fused-ring (bicyclic) bond motifs is 1. The standard InChI is InChI=1S/C18H17N5O4/c1-27-15-5-3-2-4-14(15)23-9-11(8-19-23)17(24)22-7-6-13-12(10-22)16(18(25)26)21-20-13/h2-5,8-9H,6-7,10H2,1H3,(H,20,21)(H,25,26). The van der Waals surface area contributed by atoms with Crippen molar-refractivity contribution in [3.63, 3.8) is 0 Å². The van der Waals surface area contributed by atoms with Crippen LogP contribution < -0.4 is 4.74 Å². The van der Waals surface area contributed by atoms with Crippen LogP contribution in [0.25, 0.3) is 5.69 Å². The lowest BCUT2D eigenvalue weighted by atomic mass is 10.0. The van der Waals surface area contributed by atoms with Gasteiger partial charge in [-0.15, -0.1) is 0 Å². The fourth-order valence-corrected chi connectivity index (χ4v) is 3.21. The van der Waals surface area contributed by atoms with E-state index in [4.69, 9.17) is 4.74 Å². The van der Waals surface area contributed by atoms with Crippen LogP contribution in [0.15, 0.2) is 36.7 Å². The molecule has 1 aliphatic rings. The van der Waals surface area contributed by atoms with Crippen LogP contribution in [0.2, 0.25) is 0 Å². The van der Waals surface area contributed by atoms with Crippen molar-refractivity contribution in [2.45, 2.75) is 13.0 Å². The van der Waals surface area contributed by atoms with E-state index in [-0.39, 0.29) is 18.1 Å². The number of aromatic carboxylic acids is 1. The van der Waals surface area contributed by atoms with Gasteiger partial charge in [-0.25, -0.2) is 9.48 Å². The Balaban J connectivity index is 1.58. The summed E-state index contributed by atoms with van der Waals surface area (Å²) in [6.07, 6.45) is 3.67. The van der Waals surface area contributed by atoms with Crippen LogP contribution in [0.1, 0.15) is 32.1 Å². The first kappa shape index (κ1) is 16.8. The molecule has 0 spiro atoms. The van der Waals surface area contributed by atoms with Gasteiger partial charge in [0, 0.05) is 30.4 Å². The molecule has 0 atom stereocenters. The van der Waals surface area contributed by atoms with E-state index in [9.17, 15) is 14.7 Å². The predicted molar refractivity (Wildman–Crippen MR) is 94.1 cm³/mol. The maximum atomic E-state index is 12.9. The number of methoxy groups -OCH3 is 1. The highest BCUT2D eigenvalue weighted by atomic mass is 16.5. The predicted octanol–water partition coefficient (Wildman–Crippen LogP) is 1.50. The fourth-order valence-electron chi connectivity index (χ4n) is 3.21. The molecule has 3 aromatic rings. The summed E-state index contributed by atoms with van der Waals surface area (Å²) in [5.41, 5.74) is 2.43. The number of hydrogen-bond acceptors (Lipinski definition) is 5. The number of carbonyl (C=O) groups excluding carboxylic acids is 1. The third-order valence-electron chi connectivity index (χ3n) is 4.58. The van der Waals surface area contributed by atoms with Gasteiger partial charge in [-0.1, -0.05) is 12.1 Å². The Bertz CT molecular complexity index is 1020. The molecule has 1 aromatic carbocycles. The van der Waals surface area contributed by atoms with Crippen LogP contribution in [0.3, 0.4) is 0 Å². The normalized spacial score (nSPS) is 13.3. The monoisotopic (exact) mass is 367 g/mol. The Morgan fingerprint density at radius 1 is 1.30 bits per heavy atom. The van der Waals surface area contributed by atoms with Crippen LogP contribution in [-0.2, 0) is 13.0 Å². The van der Waals surface area contributed by atoms with Gasteiger partial charge in [-0.3, -0.25) is 9.89 Å². The number of aromatic amines is 1. The average molecular weight is 367 g/mol. The number of rotatable bonds is 4. The van der Waals surface area contributed by atoms with Gasteiger partial charge < -0.3 is 14.7 Å². The minimum Gasteiger partial charge on any atom is -0.494 e. The highest BCUT2D eigenvalue weighted by Gasteiger charge is 2.28. The Morgan fingerprint density at radius 3 is 2.89 bits per heavy atom. The molecule has 0 aliphatic carbocycles. The first-order valence-electron chi connectivity index (χ1n) is 8.35. The molecule has 3 heterocycles. The highest BCUT2D eigenvalue weighted by molar-refractivity contribution is 5.94. The number of hydrogen-bond donors (Lipinski definition) is 2. The molecule has 0 saturated heterocycles. The van der Waals surface area contributed by atoms with Gasteiger partial charge in [0.15, 0.2) is 5.69 Å². The number of carboxylic acid groups (broad SMARTS) is 1. The lowest BCUT2D eigenvalue weighted by molar-refractivity contribution is 0.0674. The van der Waals surface area contributed by atoms with Gasteiger partial charge in [-0.05, 0) is 12.1 Å². The maximum Gasteiger partial charge on any atom is 0.356 e. The number of carboxylic acids is 1. The number of benzene rings is 1. The quantitative estimate of drug-likeness (QED) is 0.722. The fraction of sp³-hybridized carbons (Fsp3) is 0.222. The Morgan fingerprint density at radius 2 is 2.11 bits per heavy atom. The van der Waals surface area contributed by atoms with E-state index in [0.29, 0.717) is 29.8 Å². The lowest BCUT2D eigenvalue weighted by Crippen LogP contribution is -2.36. The van der Waals surface area contributed by atoms with Gasteiger partial charge in [0.2, 0.25) is 0 Å². The second-order valence-corrected chi connectivity index (χ2v) is 6.16. The summed E-state index contributed by atoms with van der Waals surface area (Å²) in [5.74, 6) is -0.670. The Kier molecular flexibility index (Phi) is 4.11. The molecule has 0 radical (unpaired) electrons. The summed E-state index contributed by atoms with van der Waals surface area (Å²) in [6.45, 7) is 0.680. The number of nitrogens with zero attached hydrogens (tertiary/aromatic N) is 4. The molecular weight excluding hydrogens is 350 g/mol. The van der Waals surface area contributed by atoms with E-state index in [1.54, 1.807) is 22.9 Å². The van der Waals surface area contributed by atoms with Crippen LogP contribution in [0, 0.1) is 0 Å². The minimum absolute atomic E-state index is 0.0350. The Hall–Kier alpha value is -3.62. The van der Waals surface area contributed by atoms with Crippen LogP contribution in [0.4, 0.5) is 0 Å². The van der Waals surface area contributed by atoms with Crippen molar-refractivity contribution in [2.24, 2.45) is 0 Å². The molecule has 9 nitrogen and oxygen atoms in total. The van der Waals surface area contributed by atoms with Crippen molar-refractivity contribution in [3.8, 4) is 11.4 Å². The van der Waals surface area contributed by atoms with Gasteiger partial charge in [-0.2, -0.15) is 10.2 Å². The smallest absolute Gasteiger partial charge is 0.356 e. The SMILES string of the molecule is COc1ccccc1-n1cc(C(=O)N2CCc3[nH]nc(C(=O)O)c3C2)cn1. The molecule has 27 heavy (non-hydrogen) atoms. The van der Waals surface area contributed by atoms with Crippen molar-refractivity contribution in [1.29, 1.82) is 0 Å². The number of para-hydroxylation sites is 2.